The lowest BCUT2D eigenvalue weighted by molar-refractivity contribution is 0.102. The van der Waals surface area contributed by atoms with E-state index in [0.29, 0.717) is 11.8 Å². The summed E-state index contributed by atoms with van der Waals surface area (Å²) in [5.41, 5.74) is -0.704. The summed E-state index contributed by atoms with van der Waals surface area (Å²) in [5, 5.41) is 8.13. The van der Waals surface area contributed by atoms with Gasteiger partial charge in [-0.2, -0.15) is 0 Å². The van der Waals surface area contributed by atoms with Crippen LogP contribution >= 0.6 is 0 Å². The predicted molar refractivity (Wildman–Crippen MR) is 87.7 cm³/mol. The Hall–Kier alpha value is -3.69. The van der Waals surface area contributed by atoms with Crippen LogP contribution in [0.15, 0.2) is 41.1 Å². The molecule has 0 saturated heterocycles. The molecule has 10 heteroatoms. The fourth-order valence-electron chi connectivity index (χ4n) is 2.12. The van der Waals surface area contributed by atoms with Gasteiger partial charge in [0, 0.05) is 17.8 Å². The lowest BCUT2D eigenvalue weighted by atomic mass is 10.2. The average molecular weight is 376 g/mol. The molecule has 2 heterocycles. The second-order valence-corrected chi connectivity index (χ2v) is 5.38. The van der Waals surface area contributed by atoms with Crippen LogP contribution in [0.3, 0.4) is 0 Å². The molecule has 2 aromatic heterocycles. The van der Waals surface area contributed by atoms with Crippen molar-refractivity contribution in [1.82, 2.24) is 10.1 Å². The predicted octanol–water partition coefficient (Wildman–Crippen LogP) is 3.30. The van der Waals surface area contributed by atoms with Gasteiger partial charge in [0.15, 0.2) is 23.3 Å². The number of aromatic nitrogens is 2. The lowest BCUT2D eigenvalue weighted by Gasteiger charge is -2.08. The largest absolute Gasteiger partial charge is 0.360 e. The second kappa shape index (κ2) is 7.28. The molecule has 3 aromatic rings. The molecule has 0 radical (unpaired) electrons. The molecule has 0 atom stereocenters. The molecule has 2 N–H and O–H groups in total. The van der Waals surface area contributed by atoms with Gasteiger partial charge in [-0.3, -0.25) is 14.6 Å². The molecule has 0 aliphatic rings. The molecule has 27 heavy (non-hydrogen) atoms. The van der Waals surface area contributed by atoms with E-state index in [1.165, 1.54) is 18.3 Å². The normalized spacial score (nSPS) is 10.5. The number of amides is 2. The van der Waals surface area contributed by atoms with E-state index < -0.39 is 35.0 Å². The third-order valence-corrected chi connectivity index (χ3v) is 3.41. The van der Waals surface area contributed by atoms with Gasteiger partial charge in [-0.15, -0.1) is 0 Å². The van der Waals surface area contributed by atoms with Crippen LogP contribution in [0.4, 0.5) is 24.7 Å². The molecule has 1 aromatic carbocycles. The first-order valence-electron chi connectivity index (χ1n) is 7.50. The highest BCUT2D eigenvalue weighted by Gasteiger charge is 2.17. The van der Waals surface area contributed by atoms with Crippen molar-refractivity contribution in [1.29, 1.82) is 0 Å². The molecule has 0 bridgehead atoms. The maximum Gasteiger partial charge on any atom is 0.275 e. The zero-order chi connectivity index (χ0) is 19.6. The Bertz CT molecular complexity index is 1040. The molecule has 0 unspecified atom stereocenters. The summed E-state index contributed by atoms with van der Waals surface area (Å²) in [6, 6.07) is 5.46. The monoisotopic (exact) mass is 376 g/mol. The number of aryl methyl sites for hydroxylation is 1. The molecule has 0 saturated carbocycles. The maximum atomic E-state index is 13.7. The third-order valence-electron chi connectivity index (χ3n) is 3.41. The SMILES string of the molecule is Cc1cc(NC(=O)c2cc(C(=O)Nc3ccc(F)c(F)c3F)ccn2)no1. The van der Waals surface area contributed by atoms with E-state index in [1.807, 2.05) is 0 Å². The van der Waals surface area contributed by atoms with E-state index in [2.05, 4.69) is 20.8 Å². The fourth-order valence-corrected chi connectivity index (χ4v) is 2.12. The standard InChI is InChI=1S/C17H11F3N4O3/c1-8-6-13(24-27-8)23-17(26)12-7-9(4-5-21-12)16(25)22-11-3-2-10(18)14(19)15(11)20/h2-7H,1H3,(H,22,25)(H,23,24,26). The quantitative estimate of drug-likeness (QED) is 0.681. The van der Waals surface area contributed by atoms with Crippen LogP contribution in [-0.2, 0) is 0 Å². The average Bonchev–Trinajstić information content (AvgIpc) is 3.07. The molecule has 3 rings (SSSR count). The minimum absolute atomic E-state index is 0.0457. The van der Waals surface area contributed by atoms with Crippen molar-refractivity contribution in [3.05, 3.63) is 71.0 Å². The van der Waals surface area contributed by atoms with Gasteiger partial charge in [0.25, 0.3) is 11.8 Å². The number of pyridine rings is 1. The molecule has 0 aliphatic heterocycles. The Labute approximate surface area is 150 Å². The number of nitrogens with zero attached hydrogens (tertiary/aromatic N) is 2. The van der Waals surface area contributed by atoms with E-state index in [1.54, 1.807) is 6.92 Å². The van der Waals surface area contributed by atoms with Gasteiger partial charge in [0.2, 0.25) is 0 Å². The van der Waals surface area contributed by atoms with Crippen molar-refractivity contribution in [3.63, 3.8) is 0 Å². The molecule has 7 nitrogen and oxygen atoms in total. The Kier molecular flexibility index (Phi) is 4.88. The van der Waals surface area contributed by atoms with Crippen molar-refractivity contribution in [2.24, 2.45) is 0 Å². The number of carbonyl (C=O) groups excluding carboxylic acids is 2. The molecule has 0 aliphatic carbocycles. The summed E-state index contributed by atoms with van der Waals surface area (Å²) in [6.07, 6.45) is 1.19. The topological polar surface area (TPSA) is 97.1 Å². The van der Waals surface area contributed by atoms with Gasteiger partial charge in [-0.05, 0) is 31.2 Å². The van der Waals surface area contributed by atoms with E-state index in [0.717, 1.165) is 12.1 Å². The smallest absolute Gasteiger partial charge is 0.275 e. The minimum atomic E-state index is -1.70. The molecule has 0 fully saturated rings. The minimum Gasteiger partial charge on any atom is -0.360 e. The van der Waals surface area contributed by atoms with Crippen LogP contribution in [0.1, 0.15) is 26.6 Å². The van der Waals surface area contributed by atoms with E-state index in [-0.39, 0.29) is 17.1 Å². The highest BCUT2D eigenvalue weighted by atomic mass is 19.2. The van der Waals surface area contributed by atoms with Gasteiger partial charge in [0.05, 0.1) is 5.69 Å². The Morgan fingerprint density at radius 2 is 1.78 bits per heavy atom. The summed E-state index contributed by atoms with van der Waals surface area (Å²) in [6.45, 7) is 1.64. The van der Waals surface area contributed by atoms with Crippen LogP contribution in [0.2, 0.25) is 0 Å². The summed E-state index contributed by atoms with van der Waals surface area (Å²) in [5.74, 6) is -5.46. The number of anilines is 2. The van der Waals surface area contributed by atoms with Gasteiger partial charge >= 0.3 is 0 Å². The first-order valence-corrected chi connectivity index (χ1v) is 7.50. The summed E-state index contributed by atoms with van der Waals surface area (Å²) >= 11 is 0. The van der Waals surface area contributed by atoms with Crippen LogP contribution in [0, 0.1) is 24.4 Å². The number of benzene rings is 1. The van der Waals surface area contributed by atoms with Crippen molar-refractivity contribution >= 4 is 23.3 Å². The molecule has 138 valence electrons. The Balaban J connectivity index is 1.77. The van der Waals surface area contributed by atoms with Gasteiger partial charge in [-0.1, -0.05) is 5.16 Å². The maximum absolute atomic E-state index is 13.7. The second-order valence-electron chi connectivity index (χ2n) is 5.38. The van der Waals surface area contributed by atoms with Crippen LogP contribution in [-0.4, -0.2) is 22.0 Å². The summed E-state index contributed by atoms with van der Waals surface area (Å²) in [7, 11) is 0. The molecule has 2 amide bonds. The van der Waals surface area contributed by atoms with E-state index in [4.69, 9.17) is 4.52 Å². The lowest BCUT2D eigenvalue weighted by Crippen LogP contribution is -2.17. The number of halogens is 3. The fraction of sp³-hybridized carbons (Fsp3) is 0.0588. The molecular weight excluding hydrogens is 365 g/mol. The Morgan fingerprint density at radius 1 is 1.00 bits per heavy atom. The third kappa shape index (κ3) is 3.94. The van der Waals surface area contributed by atoms with Crippen molar-refractivity contribution in [3.8, 4) is 0 Å². The van der Waals surface area contributed by atoms with Gasteiger partial charge < -0.3 is 15.2 Å². The first-order chi connectivity index (χ1) is 12.8. The first kappa shape index (κ1) is 18.1. The molecule has 0 spiro atoms. The van der Waals surface area contributed by atoms with Crippen molar-refractivity contribution in [2.75, 3.05) is 10.6 Å². The van der Waals surface area contributed by atoms with E-state index in [9.17, 15) is 22.8 Å². The number of carbonyl (C=O) groups is 2. The van der Waals surface area contributed by atoms with Gasteiger partial charge in [0.1, 0.15) is 11.5 Å². The number of rotatable bonds is 4. The van der Waals surface area contributed by atoms with Crippen molar-refractivity contribution < 1.29 is 27.3 Å². The van der Waals surface area contributed by atoms with Crippen LogP contribution < -0.4 is 10.6 Å². The number of nitrogens with one attached hydrogen (secondary N) is 2. The number of hydrogen-bond acceptors (Lipinski definition) is 5. The zero-order valence-electron chi connectivity index (χ0n) is 13.7. The number of hydrogen-bond donors (Lipinski definition) is 2. The van der Waals surface area contributed by atoms with Gasteiger partial charge in [-0.25, -0.2) is 13.2 Å². The molecular formula is C17H11F3N4O3. The van der Waals surface area contributed by atoms with Crippen LogP contribution in [0.5, 0.6) is 0 Å². The summed E-state index contributed by atoms with van der Waals surface area (Å²) in [4.78, 5) is 28.2. The Morgan fingerprint density at radius 3 is 2.48 bits per heavy atom. The van der Waals surface area contributed by atoms with E-state index >= 15 is 0 Å². The van der Waals surface area contributed by atoms with Crippen molar-refractivity contribution in [2.45, 2.75) is 6.92 Å². The zero-order valence-corrected chi connectivity index (χ0v) is 13.7. The highest BCUT2D eigenvalue weighted by molar-refractivity contribution is 6.07. The summed E-state index contributed by atoms with van der Waals surface area (Å²) < 4.78 is 44.7. The van der Waals surface area contributed by atoms with Crippen LogP contribution in [0.25, 0.3) is 0 Å². The highest BCUT2D eigenvalue weighted by Crippen LogP contribution is 2.20.